The Morgan fingerprint density at radius 2 is 0.833 bits per heavy atom. The summed E-state index contributed by atoms with van der Waals surface area (Å²) in [5.41, 5.74) is 4.40. The van der Waals surface area contributed by atoms with Gasteiger partial charge in [0.15, 0.2) is 0 Å². The quantitative estimate of drug-likeness (QED) is 0.429. The molecule has 0 unspecified atom stereocenters. The molecular weight excluding hydrogens is 382 g/mol. The van der Waals surface area contributed by atoms with Crippen LogP contribution >= 0.6 is 46.4 Å². The summed E-state index contributed by atoms with van der Waals surface area (Å²) in [6.07, 6.45) is 1.43. The maximum absolute atomic E-state index is 6.33. The lowest BCUT2D eigenvalue weighted by molar-refractivity contribution is 1.09. The fraction of sp³-hybridized carbons (Fsp3) is 0.100. The summed E-state index contributed by atoms with van der Waals surface area (Å²) in [5.74, 6) is 0. The SMILES string of the molecule is Clc1cccc(Cc2ccccc2Cc2cccc(Cl)c2Cl)c1Cl. The van der Waals surface area contributed by atoms with Gasteiger partial charge in [-0.2, -0.15) is 0 Å². The molecule has 0 atom stereocenters. The highest BCUT2D eigenvalue weighted by atomic mass is 35.5. The molecule has 0 amide bonds. The lowest BCUT2D eigenvalue weighted by Gasteiger charge is -2.12. The molecule has 0 aliphatic heterocycles. The zero-order valence-corrected chi connectivity index (χ0v) is 15.7. The van der Waals surface area contributed by atoms with Gasteiger partial charge in [0.1, 0.15) is 0 Å². The molecule has 0 nitrogen and oxygen atoms in total. The summed E-state index contributed by atoms with van der Waals surface area (Å²) in [7, 11) is 0. The van der Waals surface area contributed by atoms with E-state index in [-0.39, 0.29) is 0 Å². The summed E-state index contributed by atoms with van der Waals surface area (Å²) >= 11 is 24.9. The van der Waals surface area contributed by atoms with Gasteiger partial charge in [-0.1, -0.05) is 94.9 Å². The third kappa shape index (κ3) is 3.90. The van der Waals surface area contributed by atoms with Crippen molar-refractivity contribution in [1.29, 1.82) is 0 Å². The van der Waals surface area contributed by atoms with Gasteiger partial charge in [0.05, 0.1) is 20.1 Å². The third-order valence-corrected chi connectivity index (χ3v) is 5.66. The minimum Gasteiger partial charge on any atom is -0.0827 e. The van der Waals surface area contributed by atoms with E-state index in [1.165, 1.54) is 11.1 Å². The van der Waals surface area contributed by atoms with Gasteiger partial charge in [0, 0.05) is 0 Å². The molecule has 0 saturated carbocycles. The first-order chi connectivity index (χ1) is 11.6. The molecule has 0 bridgehead atoms. The van der Waals surface area contributed by atoms with Crippen LogP contribution in [0.4, 0.5) is 0 Å². The van der Waals surface area contributed by atoms with E-state index in [0.717, 1.165) is 11.1 Å². The van der Waals surface area contributed by atoms with E-state index in [1.807, 2.05) is 36.4 Å². The lowest BCUT2D eigenvalue weighted by atomic mass is 9.95. The zero-order valence-electron chi connectivity index (χ0n) is 12.7. The van der Waals surface area contributed by atoms with Gasteiger partial charge in [-0.05, 0) is 47.2 Å². The third-order valence-electron chi connectivity index (χ3n) is 3.94. The average molecular weight is 396 g/mol. The fourth-order valence-electron chi connectivity index (χ4n) is 2.68. The van der Waals surface area contributed by atoms with Crippen molar-refractivity contribution < 1.29 is 0 Å². The average Bonchev–Trinajstić information content (AvgIpc) is 2.58. The van der Waals surface area contributed by atoms with E-state index < -0.39 is 0 Å². The first-order valence-corrected chi connectivity index (χ1v) is 9.00. The largest absolute Gasteiger partial charge is 0.0827 e. The summed E-state index contributed by atoms with van der Waals surface area (Å²) in [4.78, 5) is 0. The Bertz CT molecular complexity index is 799. The highest BCUT2D eigenvalue weighted by Gasteiger charge is 2.11. The zero-order chi connectivity index (χ0) is 17.1. The van der Waals surface area contributed by atoms with Gasteiger partial charge in [0.25, 0.3) is 0 Å². The van der Waals surface area contributed by atoms with Crippen LogP contribution in [0, 0.1) is 0 Å². The molecule has 3 aromatic rings. The fourth-order valence-corrected chi connectivity index (χ4v) is 3.46. The van der Waals surface area contributed by atoms with E-state index in [4.69, 9.17) is 46.4 Å². The van der Waals surface area contributed by atoms with Crippen LogP contribution in [-0.2, 0) is 12.8 Å². The lowest BCUT2D eigenvalue weighted by Crippen LogP contribution is -1.98. The number of rotatable bonds is 4. The molecule has 24 heavy (non-hydrogen) atoms. The van der Waals surface area contributed by atoms with Gasteiger partial charge in [-0.3, -0.25) is 0 Å². The van der Waals surface area contributed by atoms with E-state index in [9.17, 15) is 0 Å². The topological polar surface area (TPSA) is 0 Å². The number of halogens is 4. The van der Waals surface area contributed by atoms with Crippen LogP contribution in [0.15, 0.2) is 60.7 Å². The van der Waals surface area contributed by atoms with Crippen molar-refractivity contribution in [1.82, 2.24) is 0 Å². The summed E-state index contributed by atoms with van der Waals surface area (Å²) in [5, 5.41) is 2.36. The number of hydrogen-bond acceptors (Lipinski definition) is 0. The summed E-state index contributed by atoms with van der Waals surface area (Å²) < 4.78 is 0. The van der Waals surface area contributed by atoms with Crippen LogP contribution in [0.2, 0.25) is 20.1 Å². The van der Waals surface area contributed by atoms with Crippen molar-refractivity contribution in [3.05, 3.63) is 103 Å². The van der Waals surface area contributed by atoms with Crippen molar-refractivity contribution in [2.45, 2.75) is 12.8 Å². The predicted octanol–water partition coefficient (Wildman–Crippen LogP) is 7.48. The standard InChI is InChI=1S/C20H14Cl4/c21-17-9-3-7-15(19(17)23)11-13-5-1-2-6-14(13)12-16-8-4-10-18(22)20(16)24/h1-10H,11-12H2. The van der Waals surface area contributed by atoms with Gasteiger partial charge in [-0.25, -0.2) is 0 Å². The van der Waals surface area contributed by atoms with Crippen LogP contribution in [-0.4, -0.2) is 0 Å². The minimum absolute atomic E-state index is 0.574. The Balaban J connectivity index is 1.94. The van der Waals surface area contributed by atoms with Crippen LogP contribution in [0.3, 0.4) is 0 Å². The van der Waals surface area contributed by atoms with Crippen LogP contribution in [0.5, 0.6) is 0 Å². The maximum Gasteiger partial charge on any atom is 0.0627 e. The predicted molar refractivity (Wildman–Crippen MR) is 105 cm³/mol. The first-order valence-electron chi connectivity index (χ1n) is 7.49. The Labute approximate surface area is 161 Å². The smallest absolute Gasteiger partial charge is 0.0627 e. The monoisotopic (exact) mass is 394 g/mol. The molecule has 4 heteroatoms. The Morgan fingerprint density at radius 1 is 0.458 bits per heavy atom. The molecular formula is C20H14Cl4. The first kappa shape index (κ1) is 17.6. The highest BCUT2D eigenvalue weighted by Crippen LogP contribution is 2.31. The van der Waals surface area contributed by atoms with Gasteiger partial charge in [0.2, 0.25) is 0 Å². The van der Waals surface area contributed by atoms with Crippen molar-refractivity contribution in [3.8, 4) is 0 Å². The molecule has 0 heterocycles. The van der Waals surface area contributed by atoms with Crippen molar-refractivity contribution in [2.75, 3.05) is 0 Å². The Morgan fingerprint density at radius 3 is 1.25 bits per heavy atom. The van der Waals surface area contributed by atoms with Crippen LogP contribution < -0.4 is 0 Å². The van der Waals surface area contributed by atoms with Crippen molar-refractivity contribution >= 4 is 46.4 Å². The second kappa shape index (κ2) is 7.80. The van der Waals surface area contributed by atoms with Crippen LogP contribution in [0.25, 0.3) is 0 Å². The summed E-state index contributed by atoms with van der Waals surface area (Å²) in [6, 6.07) is 19.7. The van der Waals surface area contributed by atoms with E-state index >= 15 is 0 Å². The normalized spacial score (nSPS) is 10.8. The van der Waals surface area contributed by atoms with Crippen molar-refractivity contribution in [2.24, 2.45) is 0 Å². The molecule has 0 saturated heterocycles. The van der Waals surface area contributed by atoms with Gasteiger partial charge < -0.3 is 0 Å². The molecule has 122 valence electrons. The molecule has 0 fully saturated rings. The Hall–Kier alpha value is -1.18. The minimum atomic E-state index is 0.574. The van der Waals surface area contributed by atoms with Gasteiger partial charge in [-0.15, -0.1) is 0 Å². The second-order valence-corrected chi connectivity index (χ2v) is 7.12. The van der Waals surface area contributed by atoms with E-state index in [1.54, 1.807) is 12.1 Å². The molecule has 0 aromatic heterocycles. The molecule has 0 aliphatic rings. The molecule has 3 rings (SSSR count). The van der Waals surface area contributed by atoms with E-state index in [2.05, 4.69) is 12.1 Å². The maximum atomic E-state index is 6.33. The molecule has 3 aromatic carbocycles. The second-order valence-electron chi connectivity index (χ2n) is 5.55. The highest BCUT2D eigenvalue weighted by molar-refractivity contribution is 6.43. The molecule has 0 N–H and O–H groups in total. The molecule has 0 aliphatic carbocycles. The number of benzene rings is 3. The van der Waals surface area contributed by atoms with Gasteiger partial charge >= 0.3 is 0 Å². The summed E-state index contributed by atoms with van der Waals surface area (Å²) in [6.45, 7) is 0. The molecule has 0 radical (unpaired) electrons. The Kier molecular flexibility index (Phi) is 5.73. The van der Waals surface area contributed by atoms with E-state index in [0.29, 0.717) is 32.9 Å². The van der Waals surface area contributed by atoms with Crippen molar-refractivity contribution in [3.63, 3.8) is 0 Å². The van der Waals surface area contributed by atoms with Crippen LogP contribution in [0.1, 0.15) is 22.3 Å². The number of hydrogen-bond donors (Lipinski definition) is 0. The molecule has 0 spiro atoms.